The van der Waals surface area contributed by atoms with Gasteiger partial charge in [0, 0.05) is 11.3 Å². The number of rotatable bonds is 2. The first kappa shape index (κ1) is 14.6. The van der Waals surface area contributed by atoms with Crippen LogP contribution in [0, 0.1) is 11.3 Å². The van der Waals surface area contributed by atoms with Crippen molar-refractivity contribution in [2.45, 2.75) is 0 Å². The van der Waals surface area contributed by atoms with Crippen molar-refractivity contribution < 1.29 is 9.53 Å². The fourth-order valence-electron chi connectivity index (χ4n) is 1.78. The van der Waals surface area contributed by atoms with Crippen LogP contribution in [0.2, 0.25) is 5.02 Å². The molecule has 0 amide bonds. The Bertz CT molecular complexity index is 768. The van der Waals surface area contributed by atoms with Crippen LogP contribution in [0.25, 0.3) is 11.3 Å². The Morgan fingerprint density at radius 1 is 1.33 bits per heavy atom. The van der Waals surface area contributed by atoms with Crippen molar-refractivity contribution in [2.24, 2.45) is 0 Å². The summed E-state index contributed by atoms with van der Waals surface area (Å²) in [6, 6.07) is 8.23. The van der Waals surface area contributed by atoms with Gasteiger partial charge >= 0.3 is 5.97 Å². The lowest BCUT2D eigenvalue weighted by Crippen LogP contribution is -2.08. The summed E-state index contributed by atoms with van der Waals surface area (Å²) in [5, 5.41) is 8.86. The largest absolute Gasteiger partial charge is 0.464 e. The molecule has 0 unspecified atom stereocenters. The second kappa shape index (κ2) is 5.69. The minimum absolute atomic E-state index is 0.0258. The van der Waals surface area contributed by atoms with E-state index in [-0.39, 0.29) is 16.4 Å². The van der Waals surface area contributed by atoms with E-state index in [1.54, 1.807) is 12.1 Å². The van der Waals surface area contributed by atoms with Crippen LogP contribution in [0.3, 0.4) is 0 Å². The summed E-state index contributed by atoms with van der Waals surface area (Å²) in [6.07, 6.45) is 0. The smallest absolute Gasteiger partial charge is 0.358 e. The molecule has 0 fully saturated rings. The highest BCUT2D eigenvalue weighted by atomic mass is 35.5. The van der Waals surface area contributed by atoms with E-state index in [2.05, 4.69) is 9.72 Å². The van der Waals surface area contributed by atoms with E-state index in [0.717, 1.165) is 0 Å². The van der Waals surface area contributed by atoms with Gasteiger partial charge in [-0.15, -0.1) is 0 Å². The fraction of sp³-hybridized carbons (Fsp3) is 0.0714. The van der Waals surface area contributed by atoms with Crippen molar-refractivity contribution in [1.29, 1.82) is 5.26 Å². The molecule has 4 N–H and O–H groups in total. The van der Waals surface area contributed by atoms with Crippen LogP contribution < -0.4 is 11.5 Å². The summed E-state index contributed by atoms with van der Waals surface area (Å²) in [7, 11) is 1.22. The van der Waals surface area contributed by atoms with Crippen molar-refractivity contribution in [1.82, 2.24) is 4.98 Å². The van der Waals surface area contributed by atoms with Crippen molar-refractivity contribution in [3.63, 3.8) is 0 Å². The van der Waals surface area contributed by atoms with Crippen LogP contribution in [0.15, 0.2) is 24.3 Å². The number of benzene rings is 1. The Kier molecular flexibility index (Phi) is 3.96. The van der Waals surface area contributed by atoms with Crippen LogP contribution in [-0.4, -0.2) is 18.1 Å². The molecule has 0 saturated carbocycles. The number of pyridine rings is 1. The maximum atomic E-state index is 11.7. The number of hydrogen-bond donors (Lipinski definition) is 2. The van der Waals surface area contributed by atoms with Crippen LogP contribution in [0.5, 0.6) is 0 Å². The minimum Gasteiger partial charge on any atom is -0.464 e. The van der Waals surface area contributed by atoms with Crippen LogP contribution in [-0.2, 0) is 4.74 Å². The van der Waals surface area contributed by atoms with Crippen molar-refractivity contribution in [3.05, 3.63) is 40.5 Å². The molecule has 0 bridgehead atoms. The molecule has 1 heterocycles. The molecular weight excluding hydrogens is 292 g/mol. The van der Waals surface area contributed by atoms with Gasteiger partial charge in [-0.1, -0.05) is 11.6 Å². The van der Waals surface area contributed by atoms with Gasteiger partial charge in [-0.25, -0.2) is 9.78 Å². The van der Waals surface area contributed by atoms with Crippen molar-refractivity contribution in [3.8, 4) is 17.3 Å². The van der Waals surface area contributed by atoms with E-state index in [1.165, 1.54) is 19.2 Å². The Labute approximate surface area is 125 Å². The molecule has 21 heavy (non-hydrogen) atoms. The number of methoxy groups -OCH3 is 1. The standard InChI is InChI=1S/C14H11ClN4O2/c1-21-14(20)13-12(15)10(18)5-11(19-13)8-3-2-7(6-16)4-9(8)17/h2-5H,17H2,1H3,(H2,18,19). The lowest BCUT2D eigenvalue weighted by Gasteiger charge is -2.10. The van der Waals surface area contributed by atoms with Crippen molar-refractivity contribution >= 4 is 28.9 Å². The Balaban J connectivity index is 2.63. The predicted octanol–water partition coefficient (Wildman–Crippen LogP) is 2.22. The van der Waals surface area contributed by atoms with Gasteiger partial charge in [0.2, 0.25) is 0 Å². The lowest BCUT2D eigenvalue weighted by atomic mass is 10.1. The fourth-order valence-corrected chi connectivity index (χ4v) is 1.96. The molecule has 0 aliphatic heterocycles. The Morgan fingerprint density at radius 3 is 2.62 bits per heavy atom. The number of halogens is 1. The summed E-state index contributed by atoms with van der Waals surface area (Å²) in [5.74, 6) is -0.694. The Morgan fingerprint density at radius 2 is 2.05 bits per heavy atom. The average molecular weight is 303 g/mol. The van der Waals surface area contributed by atoms with Gasteiger partial charge in [-0.3, -0.25) is 0 Å². The molecule has 0 aliphatic carbocycles. The van der Waals surface area contributed by atoms with Crippen LogP contribution in [0.1, 0.15) is 16.1 Å². The number of nitrogens with zero attached hydrogens (tertiary/aromatic N) is 2. The van der Waals surface area contributed by atoms with Gasteiger partial charge in [0.25, 0.3) is 0 Å². The van der Waals surface area contributed by atoms with Gasteiger partial charge in [0.1, 0.15) is 0 Å². The molecule has 2 aromatic rings. The number of esters is 1. The average Bonchev–Trinajstić information content (AvgIpc) is 2.49. The molecule has 0 radical (unpaired) electrons. The summed E-state index contributed by atoms with van der Waals surface area (Å²) in [5.41, 5.74) is 13.5. The highest BCUT2D eigenvalue weighted by molar-refractivity contribution is 6.35. The number of carbonyl (C=O) groups excluding carboxylic acids is 1. The van der Waals surface area contributed by atoms with Gasteiger partial charge in [-0.2, -0.15) is 5.26 Å². The lowest BCUT2D eigenvalue weighted by molar-refractivity contribution is 0.0594. The molecule has 106 valence electrons. The normalized spacial score (nSPS) is 9.95. The molecule has 0 atom stereocenters. The number of aromatic nitrogens is 1. The van der Waals surface area contributed by atoms with Gasteiger partial charge in [-0.05, 0) is 24.3 Å². The van der Waals surface area contributed by atoms with Crippen LogP contribution >= 0.6 is 11.6 Å². The third-order valence-electron chi connectivity index (χ3n) is 2.82. The summed E-state index contributed by atoms with van der Waals surface area (Å²) < 4.78 is 4.61. The summed E-state index contributed by atoms with van der Waals surface area (Å²) in [6.45, 7) is 0. The van der Waals surface area contributed by atoms with E-state index in [0.29, 0.717) is 22.5 Å². The van der Waals surface area contributed by atoms with Gasteiger partial charge < -0.3 is 16.2 Å². The number of nitriles is 1. The monoisotopic (exact) mass is 302 g/mol. The third-order valence-corrected chi connectivity index (χ3v) is 3.22. The molecule has 1 aromatic carbocycles. The zero-order valence-corrected chi connectivity index (χ0v) is 11.8. The highest BCUT2D eigenvalue weighted by Gasteiger charge is 2.18. The molecule has 7 heteroatoms. The number of ether oxygens (including phenoxy) is 1. The molecule has 2 rings (SSSR count). The molecule has 1 aromatic heterocycles. The highest BCUT2D eigenvalue weighted by Crippen LogP contribution is 2.31. The van der Waals surface area contributed by atoms with E-state index in [9.17, 15) is 4.79 Å². The zero-order valence-electron chi connectivity index (χ0n) is 11.1. The molecule has 6 nitrogen and oxygen atoms in total. The Hall–Kier alpha value is -2.78. The maximum Gasteiger partial charge on any atom is 0.358 e. The molecule has 0 aliphatic rings. The molecular formula is C14H11ClN4O2. The predicted molar refractivity (Wildman–Crippen MR) is 79.6 cm³/mol. The number of carbonyl (C=O) groups is 1. The van der Waals surface area contributed by atoms with E-state index < -0.39 is 5.97 Å². The zero-order chi connectivity index (χ0) is 15.6. The van der Waals surface area contributed by atoms with Gasteiger partial charge in [0.05, 0.1) is 35.1 Å². The third kappa shape index (κ3) is 2.73. The van der Waals surface area contributed by atoms with E-state index in [4.69, 9.17) is 28.3 Å². The number of hydrogen-bond acceptors (Lipinski definition) is 6. The van der Waals surface area contributed by atoms with Gasteiger partial charge in [0.15, 0.2) is 5.69 Å². The first-order valence-electron chi connectivity index (χ1n) is 5.82. The number of anilines is 2. The van der Waals surface area contributed by atoms with E-state index in [1.807, 2.05) is 6.07 Å². The minimum atomic E-state index is -0.694. The topological polar surface area (TPSA) is 115 Å². The SMILES string of the molecule is COC(=O)c1nc(-c2ccc(C#N)cc2N)cc(N)c1Cl. The summed E-state index contributed by atoms with van der Waals surface area (Å²) in [4.78, 5) is 15.8. The first-order chi connectivity index (χ1) is 9.97. The molecule has 0 saturated heterocycles. The van der Waals surface area contributed by atoms with Crippen LogP contribution in [0.4, 0.5) is 11.4 Å². The number of nitrogen functional groups attached to an aromatic ring is 2. The second-order valence-electron chi connectivity index (χ2n) is 4.16. The van der Waals surface area contributed by atoms with E-state index >= 15 is 0 Å². The first-order valence-corrected chi connectivity index (χ1v) is 6.20. The maximum absolute atomic E-state index is 11.7. The second-order valence-corrected chi connectivity index (χ2v) is 4.54. The molecule has 0 spiro atoms. The summed E-state index contributed by atoms with van der Waals surface area (Å²) >= 11 is 5.95. The van der Waals surface area contributed by atoms with Crippen molar-refractivity contribution in [2.75, 3.05) is 18.6 Å². The number of nitrogens with two attached hydrogens (primary N) is 2. The quantitative estimate of drug-likeness (QED) is 0.649.